The molecule has 0 radical (unpaired) electrons. The molecule has 1 aromatic rings. The van der Waals surface area contributed by atoms with Gasteiger partial charge in [-0.05, 0) is 12.1 Å². The molecule has 4 nitrogen and oxygen atoms in total. The second kappa shape index (κ2) is 4.08. The van der Waals surface area contributed by atoms with Gasteiger partial charge in [0.25, 0.3) is 0 Å². The molecule has 0 saturated heterocycles. The van der Waals surface area contributed by atoms with E-state index in [1.807, 2.05) is 0 Å². The van der Waals surface area contributed by atoms with Crippen LogP contribution < -0.4 is 10.1 Å². The Bertz CT molecular complexity index is 406. The lowest BCUT2D eigenvalue weighted by Crippen LogP contribution is -2.16. The monoisotopic (exact) mass is 227 g/mol. The molecule has 1 aliphatic heterocycles. The Morgan fingerprint density at radius 1 is 1.53 bits per heavy atom. The first-order chi connectivity index (χ1) is 7.18. The Hall–Kier alpha value is -1.26. The van der Waals surface area contributed by atoms with Crippen molar-refractivity contribution in [2.75, 3.05) is 13.2 Å². The molecule has 15 heavy (non-hydrogen) atoms. The van der Waals surface area contributed by atoms with E-state index in [1.54, 1.807) is 6.07 Å². The van der Waals surface area contributed by atoms with Crippen LogP contribution in [0.15, 0.2) is 12.1 Å². The second-order valence-corrected chi connectivity index (χ2v) is 3.68. The summed E-state index contributed by atoms with van der Waals surface area (Å²) in [5.41, 5.74) is 0.975. The second-order valence-electron chi connectivity index (χ2n) is 3.28. The predicted molar refractivity (Wildman–Crippen MR) is 55.6 cm³/mol. The van der Waals surface area contributed by atoms with Gasteiger partial charge in [0.1, 0.15) is 12.4 Å². The Morgan fingerprint density at radius 2 is 2.33 bits per heavy atom. The molecule has 0 bridgehead atoms. The number of fused-ring (bicyclic) bond motifs is 1. The molecule has 0 saturated carbocycles. The molecular weight excluding hydrogens is 218 g/mol. The Labute approximate surface area is 91.8 Å². The molecule has 0 amide bonds. The van der Waals surface area contributed by atoms with Crippen LogP contribution in [0.3, 0.4) is 0 Å². The molecular formula is C10H10ClNO3. The molecule has 1 aliphatic rings. The largest absolute Gasteiger partial charge is 0.490 e. The SMILES string of the molecule is O=C(O)c1cc(Cl)c2c(c1)CNCCO2. The van der Waals surface area contributed by atoms with Gasteiger partial charge in [-0.1, -0.05) is 11.6 Å². The average molecular weight is 228 g/mol. The highest BCUT2D eigenvalue weighted by atomic mass is 35.5. The number of hydrogen-bond donors (Lipinski definition) is 2. The highest BCUT2D eigenvalue weighted by Crippen LogP contribution is 2.31. The van der Waals surface area contributed by atoms with Crippen LogP contribution in [0.1, 0.15) is 15.9 Å². The van der Waals surface area contributed by atoms with Crippen LogP contribution in [0.2, 0.25) is 5.02 Å². The van der Waals surface area contributed by atoms with Crippen molar-refractivity contribution in [1.82, 2.24) is 5.32 Å². The van der Waals surface area contributed by atoms with Crippen molar-refractivity contribution in [3.63, 3.8) is 0 Å². The van der Waals surface area contributed by atoms with E-state index in [0.717, 1.165) is 12.1 Å². The minimum atomic E-state index is -0.982. The summed E-state index contributed by atoms with van der Waals surface area (Å²) in [6.45, 7) is 1.85. The molecule has 5 heteroatoms. The van der Waals surface area contributed by atoms with Crippen LogP contribution >= 0.6 is 11.6 Å². The van der Waals surface area contributed by atoms with Gasteiger partial charge >= 0.3 is 5.97 Å². The van der Waals surface area contributed by atoms with E-state index in [2.05, 4.69) is 5.32 Å². The van der Waals surface area contributed by atoms with E-state index in [-0.39, 0.29) is 5.56 Å². The van der Waals surface area contributed by atoms with Crippen molar-refractivity contribution in [2.45, 2.75) is 6.54 Å². The molecule has 0 aromatic heterocycles. The number of carbonyl (C=O) groups is 1. The standard InChI is InChI=1S/C10H10ClNO3/c11-8-4-6(10(13)14)3-7-5-12-1-2-15-9(7)8/h3-4,12H,1-2,5H2,(H,13,14). The third kappa shape index (κ3) is 2.06. The fraction of sp³-hybridized carbons (Fsp3) is 0.300. The normalized spacial score (nSPS) is 15.0. The van der Waals surface area contributed by atoms with Crippen molar-refractivity contribution >= 4 is 17.6 Å². The van der Waals surface area contributed by atoms with Crippen LogP contribution in [0, 0.1) is 0 Å². The fourth-order valence-electron chi connectivity index (χ4n) is 1.52. The molecule has 2 N–H and O–H groups in total. The van der Waals surface area contributed by atoms with E-state index < -0.39 is 5.97 Å². The number of rotatable bonds is 1. The Morgan fingerprint density at radius 3 is 3.07 bits per heavy atom. The van der Waals surface area contributed by atoms with Crippen LogP contribution in [0.25, 0.3) is 0 Å². The summed E-state index contributed by atoms with van der Waals surface area (Å²) in [6.07, 6.45) is 0. The van der Waals surface area contributed by atoms with Gasteiger partial charge in [0.15, 0.2) is 0 Å². The molecule has 0 fully saturated rings. The van der Waals surface area contributed by atoms with Crippen molar-refractivity contribution in [1.29, 1.82) is 0 Å². The first-order valence-corrected chi connectivity index (χ1v) is 4.95. The number of aromatic carboxylic acids is 1. The number of halogens is 1. The van der Waals surface area contributed by atoms with E-state index in [9.17, 15) is 4.79 Å². The molecule has 0 spiro atoms. The maximum Gasteiger partial charge on any atom is 0.335 e. The minimum Gasteiger partial charge on any atom is -0.490 e. The highest BCUT2D eigenvalue weighted by Gasteiger charge is 2.16. The highest BCUT2D eigenvalue weighted by molar-refractivity contribution is 6.32. The van der Waals surface area contributed by atoms with Gasteiger partial charge in [0.05, 0.1) is 10.6 Å². The Kier molecular flexibility index (Phi) is 2.79. The summed E-state index contributed by atoms with van der Waals surface area (Å²) < 4.78 is 5.43. The van der Waals surface area contributed by atoms with Crippen LogP contribution in [-0.2, 0) is 6.54 Å². The zero-order valence-electron chi connectivity index (χ0n) is 7.92. The third-order valence-electron chi connectivity index (χ3n) is 2.21. The minimum absolute atomic E-state index is 0.186. The van der Waals surface area contributed by atoms with Crippen LogP contribution in [0.5, 0.6) is 5.75 Å². The molecule has 0 atom stereocenters. The van der Waals surface area contributed by atoms with Gasteiger partial charge in [-0.25, -0.2) is 4.79 Å². The molecule has 0 unspecified atom stereocenters. The van der Waals surface area contributed by atoms with Crippen molar-refractivity contribution in [3.8, 4) is 5.75 Å². The summed E-state index contributed by atoms with van der Waals surface area (Å²) in [5.74, 6) is -0.393. The summed E-state index contributed by atoms with van der Waals surface area (Å²) in [7, 11) is 0. The summed E-state index contributed by atoms with van der Waals surface area (Å²) in [6, 6.07) is 3.00. The average Bonchev–Trinajstić information content (AvgIpc) is 2.42. The number of benzene rings is 1. The third-order valence-corrected chi connectivity index (χ3v) is 2.49. The van der Waals surface area contributed by atoms with Gasteiger partial charge in [0.2, 0.25) is 0 Å². The molecule has 0 aliphatic carbocycles. The van der Waals surface area contributed by atoms with Gasteiger partial charge in [-0.2, -0.15) is 0 Å². The van der Waals surface area contributed by atoms with E-state index in [4.69, 9.17) is 21.4 Å². The number of ether oxygens (including phenoxy) is 1. The predicted octanol–water partition coefficient (Wildman–Crippen LogP) is 1.52. The summed E-state index contributed by atoms with van der Waals surface area (Å²) in [4.78, 5) is 10.8. The number of nitrogens with one attached hydrogen (secondary N) is 1. The first kappa shape index (κ1) is 10.3. The summed E-state index contributed by atoms with van der Waals surface area (Å²) >= 11 is 5.95. The van der Waals surface area contributed by atoms with E-state index >= 15 is 0 Å². The van der Waals surface area contributed by atoms with E-state index in [1.165, 1.54) is 6.07 Å². The van der Waals surface area contributed by atoms with Crippen molar-refractivity contribution in [3.05, 3.63) is 28.3 Å². The van der Waals surface area contributed by atoms with Crippen molar-refractivity contribution < 1.29 is 14.6 Å². The molecule has 80 valence electrons. The first-order valence-electron chi connectivity index (χ1n) is 4.57. The van der Waals surface area contributed by atoms with Crippen LogP contribution in [-0.4, -0.2) is 24.2 Å². The Balaban J connectivity index is 2.48. The van der Waals surface area contributed by atoms with Crippen LogP contribution in [0.4, 0.5) is 0 Å². The number of carboxylic acids is 1. The van der Waals surface area contributed by atoms with Gasteiger partial charge in [0, 0.05) is 18.7 Å². The maximum absolute atomic E-state index is 10.8. The lowest BCUT2D eigenvalue weighted by atomic mass is 10.1. The maximum atomic E-state index is 10.8. The zero-order valence-corrected chi connectivity index (χ0v) is 8.67. The number of carboxylic acid groups (broad SMARTS) is 1. The molecule has 2 rings (SSSR count). The van der Waals surface area contributed by atoms with Gasteiger partial charge in [-0.15, -0.1) is 0 Å². The molecule has 1 heterocycles. The molecule has 1 aromatic carbocycles. The topological polar surface area (TPSA) is 58.6 Å². The van der Waals surface area contributed by atoms with Gasteiger partial charge < -0.3 is 15.2 Å². The zero-order chi connectivity index (χ0) is 10.8. The summed E-state index contributed by atoms with van der Waals surface area (Å²) in [5, 5.41) is 12.3. The van der Waals surface area contributed by atoms with Gasteiger partial charge in [-0.3, -0.25) is 0 Å². The fourth-order valence-corrected chi connectivity index (χ4v) is 1.81. The van der Waals surface area contributed by atoms with Crippen molar-refractivity contribution in [2.24, 2.45) is 0 Å². The smallest absolute Gasteiger partial charge is 0.335 e. The lowest BCUT2D eigenvalue weighted by molar-refractivity contribution is 0.0696. The lowest BCUT2D eigenvalue weighted by Gasteiger charge is -2.09. The quantitative estimate of drug-likeness (QED) is 0.764. The van der Waals surface area contributed by atoms with E-state index in [0.29, 0.717) is 23.9 Å². The number of hydrogen-bond acceptors (Lipinski definition) is 3.